The highest BCUT2D eigenvalue weighted by atomic mass is 16.4. The van der Waals surface area contributed by atoms with Crippen LogP contribution in [0.4, 0.5) is 0 Å². The van der Waals surface area contributed by atoms with Gasteiger partial charge in [-0.05, 0) is 18.1 Å². The molecular formula is C14H15NO4. The van der Waals surface area contributed by atoms with Crippen LogP contribution in [0.2, 0.25) is 0 Å². The van der Waals surface area contributed by atoms with Crippen LogP contribution in [0.5, 0.6) is 0 Å². The maximum absolute atomic E-state index is 11.4. The van der Waals surface area contributed by atoms with Gasteiger partial charge >= 0.3 is 11.9 Å². The van der Waals surface area contributed by atoms with E-state index in [1.807, 2.05) is 30.3 Å². The van der Waals surface area contributed by atoms with Gasteiger partial charge in [-0.3, -0.25) is 10.1 Å². The van der Waals surface area contributed by atoms with E-state index in [9.17, 15) is 14.7 Å². The molecule has 100 valence electrons. The number of hydrogen-bond donors (Lipinski definition) is 3. The van der Waals surface area contributed by atoms with Gasteiger partial charge in [0, 0.05) is 6.04 Å². The van der Waals surface area contributed by atoms with E-state index in [0.717, 1.165) is 5.56 Å². The molecule has 1 saturated carbocycles. The van der Waals surface area contributed by atoms with Crippen molar-refractivity contribution in [1.29, 1.82) is 0 Å². The van der Waals surface area contributed by atoms with Crippen molar-refractivity contribution >= 4 is 11.9 Å². The highest BCUT2D eigenvalue weighted by Crippen LogP contribution is 2.50. The molecule has 2 rings (SSSR count). The lowest BCUT2D eigenvalue weighted by molar-refractivity contribution is -0.146. The SMILES string of the molecule is C=C1C(C(=O)O)C1(NC(C)c1ccccc1)C(=O)O. The molecule has 1 aliphatic carbocycles. The van der Waals surface area contributed by atoms with Gasteiger partial charge in [-0.15, -0.1) is 0 Å². The zero-order valence-electron chi connectivity index (χ0n) is 10.5. The van der Waals surface area contributed by atoms with Gasteiger partial charge in [0.1, 0.15) is 5.92 Å². The summed E-state index contributed by atoms with van der Waals surface area (Å²) in [5.41, 5.74) is -0.469. The Kier molecular flexibility index (Phi) is 3.16. The maximum Gasteiger partial charge on any atom is 0.329 e. The maximum atomic E-state index is 11.4. The molecule has 0 aromatic heterocycles. The van der Waals surface area contributed by atoms with E-state index in [-0.39, 0.29) is 11.6 Å². The van der Waals surface area contributed by atoms with Gasteiger partial charge in [0.15, 0.2) is 5.54 Å². The van der Waals surface area contributed by atoms with Gasteiger partial charge < -0.3 is 10.2 Å². The van der Waals surface area contributed by atoms with Gasteiger partial charge in [-0.25, -0.2) is 4.79 Å². The number of aliphatic carboxylic acids is 2. The first-order chi connectivity index (χ1) is 8.91. The minimum absolute atomic E-state index is 0.190. The largest absolute Gasteiger partial charge is 0.481 e. The summed E-state index contributed by atoms with van der Waals surface area (Å²) in [6, 6.07) is 8.98. The minimum Gasteiger partial charge on any atom is -0.481 e. The third-order valence-electron chi connectivity index (χ3n) is 3.53. The van der Waals surface area contributed by atoms with Crippen LogP contribution in [-0.2, 0) is 9.59 Å². The summed E-state index contributed by atoms with van der Waals surface area (Å²) < 4.78 is 0. The highest BCUT2D eigenvalue weighted by molar-refractivity contribution is 6.01. The lowest BCUT2D eigenvalue weighted by Crippen LogP contribution is -2.44. The Morgan fingerprint density at radius 3 is 2.32 bits per heavy atom. The predicted molar refractivity (Wildman–Crippen MR) is 68.6 cm³/mol. The van der Waals surface area contributed by atoms with Crippen molar-refractivity contribution in [2.75, 3.05) is 0 Å². The first kappa shape index (κ1) is 13.3. The fourth-order valence-corrected chi connectivity index (χ4v) is 2.39. The van der Waals surface area contributed by atoms with Gasteiger partial charge in [-0.2, -0.15) is 0 Å². The van der Waals surface area contributed by atoms with E-state index in [1.165, 1.54) is 0 Å². The molecule has 0 saturated heterocycles. The average Bonchev–Trinajstić information content (AvgIpc) is 2.96. The Morgan fingerprint density at radius 2 is 1.89 bits per heavy atom. The Labute approximate surface area is 110 Å². The van der Waals surface area contributed by atoms with Crippen molar-refractivity contribution in [1.82, 2.24) is 5.32 Å². The second kappa shape index (κ2) is 4.51. The zero-order chi connectivity index (χ0) is 14.2. The van der Waals surface area contributed by atoms with Crippen LogP contribution in [0.15, 0.2) is 42.5 Å². The normalized spacial score (nSPS) is 26.8. The molecule has 1 aliphatic rings. The molecule has 0 radical (unpaired) electrons. The Morgan fingerprint density at radius 1 is 1.32 bits per heavy atom. The Bertz CT molecular complexity index is 540. The molecule has 5 heteroatoms. The molecular weight excluding hydrogens is 246 g/mol. The number of benzene rings is 1. The van der Waals surface area contributed by atoms with Crippen LogP contribution in [-0.4, -0.2) is 27.7 Å². The molecule has 0 spiro atoms. The van der Waals surface area contributed by atoms with E-state index in [1.54, 1.807) is 6.92 Å². The van der Waals surface area contributed by atoms with Gasteiger partial charge in [-0.1, -0.05) is 36.9 Å². The molecule has 0 bridgehead atoms. The molecule has 1 fully saturated rings. The molecule has 19 heavy (non-hydrogen) atoms. The number of carbonyl (C=O) groups is 2. The molecule has 5 nitrogen and oxygen atoms in total. The fraction of sp³-hybridized carbons (Fsp3) is 0.286. The minimum atomic E-state index is -1.55. The summed E-state index contributed by atoms with van der Waals surface area (Å²) in [5, 5.41) is 21.2. The van der Waals surface area contributed by atoms with Crippen molar-refractivity contribution in [3.8, 4) is 0 Å². The van der Waals surface area contributed by atoms with Crippen molar-refractivity contribution in [3.63, 3.8) is 0 Å². The zero-order valence-corrected chi connectivity index (χ0v) is 10.5. The van der Waals surface area contributed by atoms with E-state index in [2.05, 4.69) is 11.9 Å². The summed E-state index contributed by atoms with van der Waals surface area (Å²) in [6.07, 6.45) is 0. The van der Waals surface area contributed by atoms with E-state index >= 15 is 0 Å². The smallest absolute Gasteiger partial charge is 0.329 e. The van der Waals surface area contributed by atoms with Crippen molar-refractivity contribution in [2.24, 2.45) is 5.92 Å². The summed E-state index contributed by atoms with van der Waals surface area (Å²) in [6.45, 7) is 5.36. The molecule has 1 aromatic carbocycles. The second-order valence-corrected chi connectivity index (χ2v) is 4.69. The first-order valence-electron chi connectivity index (χ1n) is 5.89. The highest BCUT2D eigenvalue weighted by Gasteiger charge is 2.69. The van der Waals surface area contributed by atoms with E-state index in [4.69, 9.17) is 5.11 Å². The quantitative estimate of drug-likeness (QED) is 0.698. The predicted octanol–water partition coefficient (Wildman–Crippen LogP) is 1.43. The summed E-state index contributed by atoms with van der Waals surface area (Å²) >= 11 is 0. The van der Waals surface area contributed by atoms with Gasteiger partial charge in [0.2, 0.25) is 0 Å². The van der Waals surface area contributed by atoms with Gasteiger partial charge in [0.25, 0.3) is 0 Å². The van der Waals surface area contributed by atoms with Crippen molar-refractivity contribution < 1.29 is 19.8 Å². The molecule has 0 aliphatic heterocycles. The van der Waals surface area contributed by atoms with E-state index < -0.39 is 23.4 Å². The average molecular weight is 261 g/mol. The summed E-state index contributed by atoms with van der Waals surface area (Å²) in [5.74, 6) is -3.44. The van der Waals surface area contributed by atoms with Crippen LogP contribution in [0.25, 0.3) is 0 Å². The monoisotopic (exact) mass is 261 g/mol. The molecule has 0 heterocycles. The summed E-state index contributed by atoms with van der Waals surface area (Å²) in [4.78, 5) is 22.4. The third-order valence-corrected chi connectivity index (χ3v) is 3.53. The van der Waals surface area contributed by atoms with Gasteiger partial charge in [0.05, 0.1) is 0 Å². The van der Waals surface area contributed by atoms with Crippen LogP contribution in [0, 0.1) is 5.92 Å². The Hall–Kier alpha value is -2.14. The van der Waals surface area contributed by atoms with Crippen LogP contribution < -0.4 is 5.32 Å². The number of rotatable bonds is 5. The van der Waals surface area contributed by atoms with Crippen LogP contribution in [0.1, 0.15) is 18.5 Å². The van der Waals surface area contributed by atoms with Crippen molar-refractivity contribution in [2.45, 2.75) is 18.5 Å². The molecule has 3 unspecified atom stereocenters. The van der Waals surface area contributed by atoms with E-state index in [0.29, 0.717) is 0 Å². The molecule has 3 N–H and O–H groups in total. The van der Waals surface area contributed by atoms with Crippen LogP contribution in [0.3, 0.4) is 0 Å². The molecule has 0 amide bonds. The second-order valence-electron chi connectivity index (χ2n) is 4.69. The Balaban J connectivity index is 2.23. The first-order valence-corrected chi connectivity index (χ1v) is 5.89. The molecule has 1 aromatic rings. The van der Waals surface area contributed by atoms with Crippen LogP contribution >= 0.6 is 0 Å². The number of nitrogens with one attached hydrogen (secondary N) is 1. The lowest BCUT2D eigenvalue weighted by atomic mass is 10.1. The number of carboxylic acids is 2. The fourth-order valence-electron chi connectivity index (χ4n) is 2.39. The lowest BCUT2D eigenvalue weighted by Gasteiger charge is -2.20. The third kappa shape index (κ3) is 2.02. The van der Waals surface area contributed by atoms with Crippen molar-refractivity contribution in [3.05, 3.63) is 48.0 Å². The number of hydrogen-bond acceptors (Lipinski definition) is 3. The number of carboxylic acid groups (broad SMARTS) is 2. The summed E-state index contributed by atoms with van der Waals surface area (Å²) in [7, 11) is 0. The standard InChI is InChI=1S/C14H15NO4/c1-8-11(12(16)17)14(8,13(18)19)15-9(2)10-6-4-3-5-7-10/h3-7,9,11,15H,1H2,2H3,(H,16,17)(H,18,19). The molecule has 3 atom stereocenters. The topological polar surface area (TPSA) is 86.6 Å².